The summed E-state index contributed by atoms with van der Waals surface area (Å²) in [7, 11) is 1.75. The van der Waals surface area contributed by atoms with E-state index < -0.39 is 17.7 Å². The van der Waals surface area contributed by atoms with E-state index in [-0.39, 0.29) is 0 Å². The second kappa shape index (κ2) is 4.86. The van der Waals surface area contributed by atoms with E-state index in [2.05, 4.69) is 5.10 Å². The smallest absolute Gasteiger partial charge is 0.159 e. The molecule has 0 amide bonds. The first-order valence-corrected chi connectivity index (χ1v) is 5.68. The van der Waals surface area contributed by atoms with Crippen LogP contribution >= 0.6 is 0 Å². The number of nitrogens with zero attached hydrogens (tertiary/aromatic N) is 2. The molecule has 0 saturated heterocycles. The summed E-state index contributed by atoms with van der Waals surface area (Å²) in [6, 6.07) is 3.39. The van der Waals surface area contributed by atoms with E-state index in [1.54, 1.807) is 17.9 Å². The minimum atomic E-state index is -0.997. The average molecular weight is 252 g/mol. The number of benzene rings is 1. The number of aromatic nitrogens is 2. The van der Waals surface area contributed by atoms with Crippen LogP contribution < -0.4 is 0 Å². The first kappa shape index (κ1) is 12.7. The summed E-state index contributed by atoms with van der Waals surface area (Å²) in [5, 5.41) is 14.4. The summed E-state index contributed by atoms with van der Waals surface area (Å²) in [5.41, 5.74) is 1.68. The molecule has 1 heterocycles. The first-order chi connectivity index (χ1) is 8.52. The van der Waals surface area contributed by atoms with Gasteiger partial charge in [-0.25, -0.2) is 8.78 Å². The van der Waals surface area contributed by atoms with Crippen LogP contribution in [0.15, 0.2) is 24.4 Å². The SMILES string of the molecule is CCc1nn(C)cc1C(O)c1ccc(F)c(F)c1. The van der Waals surface area contributed by atoms with Gasteiger partial charge in [-0.3, -0.25) is 4.68 Å². The largest absolute Gasteiger partial charge is 0.384 e. The molecule has 1 unspecified atom stereocenters. The van der Waals surface area contributed by atoms with Crippen molar-refractivity contribution in [1.29, 1.82) is 0 Å². The third-order valence-electron chi connectivity index (χ3n) is 2.83. The lowest BCUT2D eigenvalue weighted by Crippen LogP contribution is -2.02. The molecule has 1 N–H and O–H groups in total. The Morgan fingerprint density at radius 1 is 1.33 bits per heavy atom. The van der Waals surface area contributed by atoms with Crippen molar-refractivity contribution >= 4 is 0 Å². The molecule has 0 aliphatic rings. The molecular weight excluding hydrogens is 238 g/mol. The molecule has 5 heteroatoms. The van der Waals surface area contributed by atoms with Crippen molar-refractivity contribution < 1.29 is 13.9 Å². The van der Waals surface area contributed by atoms with Gasteiger partial charge in [0.2, 0.25) is 0 Å². The van der Waals surface area contributed by atoms with E-state index >= 15 is 0 Å². The molecule has 2 rings (SSSR count). The average Bonchev–Trinajstić information content (AvgIpc) is 2.73. The van der Waals surface area contributed by atoms with Crippen LogP contribution in [0.25, 0.3) is 0 Å². The number of halogens is 2. The van der Waals surface area contributed by atoms with Gasteiger partial charge in [-0.05, 0) is 24.1 Å². The molecule has 3 nitrogen and oxygen atoms in total. The summed E-state index contributed by atoms with van der Waals surface area (Å²) in [4.78, 5) is 0. The predicted molar refractivity (Wildman–Crippen MR) is 63.0 cm³/mol. The van der Waals surface area contributed by atoms with Gasteiger partial charge in [0.25, 0.3) is 0 Å². The van der Waals surface area contributed by atoms with Crippen LogP contribution in [0.3, 0.4) is 0 Å². The highest BCUT2D eigenvalue weighted by molar-refractivity contribution is 5.31. The van der Waals surface area contributed by atoms with Crippen LogP contribution in [0.4, 0.5) is 8.78 Å². The quantitative estimate of drug-likeness (QED) is 0.910. The van der Waals surface area contributed by atoms with Gasteiger partial charge in [0.05, 0.1) is 5.69 Å². The number of hydrogen-bond donors (Lipinski definition) is 1. The zero-order chi connectivity index (χ0) is 13.3. The summed E-state index contributed by atoms with van der Waals surface area (Å²) in [5.74, 6) is -1.89. The van der Waals surface area contributed by atoms with E-state index in [4.69, 9.17) is 0 Å². The fraction of sp³-hybridized carbons (Fsp3) is 0.308. The Balaban J connectivity index is 2.40. The number of aliphatic hydroxyl groups excluding tert-OH is 1. The normalized spacial score (nSPS) is 12.7. The maximum absolute atomic E-state index is 13.1. The van der Waals surface area contributed by atoms with Crippen LogP contribution in [0, 0.1) is 11.6 Å². The maximum atomic E-state index is 13.1. The summed E-state index contributed by atoms with van der Waals surface area (Å²) < 4.78 is 27.6. The standard InChI is InChI=1S/C13H14F2N2O/c1-3-12-9(7-17(2)16-12)13(18)8-4-5-10(14)11(15)6-8/h4-7,13,18H,3H2,1-2H3. The van der Waals surface area contributed by atoms with Crippen molar-refractivity contribution in [3.63, 3.8) is 0 Å². The lowest BCUT2D eigenvalue weighted by Gasteiger charge is -2.10. The topological polar surface area (TPSA) is 38.0 Å². The van der Waals surface area contributed by atoms with Crippen LogP contribution in [0.5, 0.6) is 0 Å². The van der Waals surface area contributed by atoms with Crippen molar-refractivity contribution in [3.05, 3.63) is 52.9 Å². The van der Waals surface area contributed by atoms with Crippen molar-refractivity contribution in [3.8, 4) is 0 Å². The first-order valence-electron chi connectivity index (χ1n) is 5.68. The third kappa shape index (κ3) is 2.26. The highest BCUT2D eigenvalue weighted by Crippen LogP contribution is 2.25. The molecule has 0 aliphatic carbocycles. The Kier molecular flexibility index (Phi) is 3.43. The second-order valence-electron chi connectivity index (χ2n) is 4.13. The molecule has 0 radical (unpaired) electrons. The summed E-state index contributed by atoms with van der Waals surface area (Å²) >= 11 is 0. The summed E-state index contributed by atoms with van der Waals surface area (Å²) in [6.45, 7) is 1.92. The van der Waals surface area contributed by atoms with Gasteiger partial charge < -0.3 is 5.11 Å². The Morgan fingerprint density at radius 2 is 2.06 bits per heavy atom. The van der Waals surface area contributed by atoms with Gasteiger partial charge >= 0.3 is 0 Å². The molecule has 1 atom stereocenters. The van der Waals surface area contributed by atoms with Gasteiger partial charge in [-0.1, -0.05) is 13.0 Å². The Labute approximate surface area is 104 Å². The van der Waals surface area contributed by atoms with Gasteiger partial charge in [0.1, 0.15) is 6.10 Å². The Hall–Kier alpha value is -1.75. The molecule has 1 aromatic carbocycles. The number of hydrogen-bond acceptors (Lipinski definition) is 2. The Bertz CT molecular complexity index is 566. The van der Waals surface area contributed by atoms with Crippen molar-refractivity contribution in [1.82, 2.24) is 9.78 Å². The second-order valence-corrected chi connectivity index (χ2v) is 4.13. The fourth-order valence-corrected chi connectivity index (χ4v) is 1.92. The monoisotopic (exact) mass is 252 g/mol. The van der Waals surface area contributed by atoms with Crippen LogP contribution in [-0.4, -0.2) is 14.9 Å². The van der Waals surface area contributed by atoms with Gasteiger partial charge in [0, 0.05) is 18.8 Å². The molecular formula is C13H14F2N2O. The zero-order valence-corrected chi connectivity index (χ0v) is 10.2. The molecule has 96 valence electrons. The lowest BCUT2D eigenvalue weighted by atomic mass is 10.0. The molecule has 0 fully saturated rings. The van der Waals surface area contributed by atoms with Crippen molar-refractivity contribution in [2.75, 3.05) is 0 Å². The van der Waals surface area contributed by atoms with Gasteiger partial charge in [0.15, 0.2) is 11.6 Å². The zero-order valence-electron chi connectivity index (χ0n) is 10.2. The van der Waals surface area contributed by atoms with Gasteiger partial charge in [-0.2, -0.15) is 5.10 Å². The lowest BCUT2D eigenvalue weighted by molar-refractivity contribution is 0.218. The van der Waals surface area contributed by atoms with Crippen molar-refractivity contribution in [2.24, 2.45) is 7.05 Å². The molecule has 0 bridgehead atoms. The maximum Gasteiger partial charge on any atom is 0.159 e. The van der Waals surface area contributed by atoms with Crippen LogP contribution in [-0.2, 0) is 13.5 Å². The third-order valence-corrected chi connectivity index (χ3v) is 2.83. The minimum absolute atomic E-state index is 0.316. The predicted octanol–water partition coefficient (Wildman–Crippen LogP) is 2.34. The molecule has 18 heavy (non-hydrogen) atoms. The highest BCUT2D eigenvalue weighted by Gasteiger charge is 2.18. The molecule has 2 aromatic rings. The van der Waals surface area contributed by atoms with E-state index in [0.717, 1.165) is 17.8 Å². The highest BCUT2D eigenvalue weighted by atomic mass is 19.2. The van der Waals surface area contributed by atoms with Crippen LogP contribution in [0.2, 0.25) is 0 Å². The number of aliphatic hydroxyl groups is 1. The summed E-state index contributed by atoms with van der Waals surface area (Å²) in [6.07, 6.45) is 1.35. The van der Waals surface area contributed by atoms with E-state index in [9.17, 15) is 13.9 Å². The van der Waals surface area contributed by atoms with E-state index in [1.165, 1.54) is 6.07 Å². The molecule has 0 spiro atoms. The van der Waals surface area contributed by atoms with E-state index in [0.29, 0.717) is 17.5 Å². The fourth-order valence-electron chi connectivity index (χ4n) is 1.92. The molecule has 1 aromatic heterocycles. The number of aryl methyl sites for hydroxylation is 2. The molecule has 0 aliphatic heterocycles. The Morgan fingerprint density at radius 3 is 2.67 bits per heavy atom. The minimum Gasteiger partial charge on any atom is -0.384 e. The number of rotatable bonds is 3. The van der Waals surface area contributed by atoms with E-state index in [1.807, 2.05) is 6.92 Å². The van der Waals surface area contributed by atoms with Gasteiger partial charge in [-0.15, -0.1) is 0 Å². The van der Waals surface area contributed by atoms with Crippen molar-refractivity contribution in [2.45, 2.75) is 19.4 Å². The molecule has 0 saturated carbocycles. The van der Waals surface area contributed by atoms with Crippen LogP contribution in [0.1, 0.15) is 29.8 Å².